The Bertz CT molecular complexity index is 859. The Morgan fingerprint density at radius 2 is 1.91 bits per heavy atom. The second-order valence-corrected chi connectivity index (χ2v) is 5.20. The second kappa shape index (κ2) is 6.08. The zero-order valence-electron chi connectivity index (χ0n) is 12.0. The maximum Gasteiger partial charge on any atom is 0.137 e. The van der Waals surface area contributed by atoms with Gasteiger partial charge in [0.15, 0.2) is 0 Å². The molecule has 0 unspecified atom stereocenters. The van der Waals surface area contributed by atoms with Gasteiger partial charge in [-0.05, 0) is 35.0 Å². The number of methoxy groups -OCH3 is 1. The maximum absolute atomic E-state index is 10.1. The first-order valence-electron chi connectivity index (χ1n) is 6.77. The molecule has 0 bridgehead atoms. The van der Waals surface area contributed by atoms with E-state index in [1.54, 1.807) is 31.5 Å². The van der Waals surface area contributed by atoms with Gasteiger partial charge in [-0.25, -0.2) is 0 Å². The lowest BCUT2D eigenvalue weighted by molar-refractivity contribution is 0.415. The molecule has 110 valence electrons. The van der Waals surface area contributed by atoms with Crippen molar-refractivity contribution in [3.05, 3.63) is 65.2 Å². The molecule has 0 radical (unpaired) electrons. The summed E-state index contributed by atoms with van der Waals surface area (Å²) in [4.78, 5) is 4.40. The van der Waals surface area contributed by atoms with Crippen LogP contribution in [0.5, 0.6) is 11.5 Å². The number of rotatable bonds is 3. The standard InChI is InChI=1S/C18H14ClNO2/c1-22-18-9-7-13(10-16(18)19)20-11-15-14-5-3-2-4-12(14)6-8-17(15)21/h2-11,21H,1H3. The molecule has 0 aliphatic carbocycles. The summed E-state index contributed by atoms with van der Waals surface area (Å²) in [6.07, 6.45) is 1.65. The second-order valence-electron chi connectivity index (χ2n) is 4.80. The molecule has 3 aromatic carbocycles. The summed E-state index contributed by atoms with van der Waals surface area (Å²) in [6.45, 7) is 0. The Labute approximate surface area is 133 Å². The number of hydrogen-bond acceptors (Lipinski definition) is 3. The van der Waals surface area contributed by atoms with Gasteiger partial charge in [0, 0.05) is 11.8 Å². The molecule has 0 atom stereocenters. The van der Waals surface area contributed by atoms with Crippen molar-refractivity contribution < 1.29 is 9.84 Å². The number of phenols is 1. The highest BCUT2D eigenvalue weighted by Gasteiger charge is 2.05. The van der Waals surface area contributed by atoms with Crippen LogP contribution in [0.15, 0.2) is 59.6 Å². The van der Waals surface area contributed by atoms with E-state index in [0.717, 1.165) is 10.8 Å². The number of fused-ring (bicyclic) bond motifs is 1. The topological polar surface area (TPSA) is 41.8 Å². The van der Waals surface area contributed by atoms with E-state index >= 15 is 0 Å². The maximum atomic E-state index is 10.1. The number of ether oxygens (including phenoxy) is 1. The van der Waals surface area contributed by atoms with Crippen LogP contribution in [-0.4, -0.2) is 18.4 Å². The van der Waals surface area contributed by atoms with Crippen molar-refractivity contribution in [2.45, 2.75) is 0 Å². The molecule has 22 heavy (non-hydrogen) atoms. The van der Waals surface area contributed by atoms with Crippen LogP contribution < -0.4 is 4.74 Å². The average Bonchev–Trinajstić information content (AvgIpc) is 2.54. The lowest BCUT2D eigenvalue weighted by Gasteiger charge is -2.05. The molecule has 0 aliphatic rings. The summed E-state index contributed by atoms with van der Waals surface area (Å²) in [5, 5.41) is 12.6. The molecule has 3 rings (SSSR count). The number of phenolic OH excluding ortho intramolecular Hbond substituents is 1. The first-order chi connectivity index (χ1) is 10.7. The molecule has 3 aromatic rings. The van der Waals surface area contributed by atoms with Gasteiger partial charge in [0.25, 0.3) is 0 Å². The third-order valence-electron chi connectivity index (χ3n) is 3.43. The zero-order chi connectivity index (χ0) is 15.5. The molecule has 0 amide bonds. The minimum Gasteiger partial charge on any atom is -0.507 e. The summed E-state index contributed by atoms with van der Waals surface area (Å²) in [5.74, 6) is 0.802. The Hall–Kier alpha value is -2.52. The minimum absolute atomic E-state index is 0.196. The molecule has 0 aromatic heterocycles. The van der Waals surface area contributed by atoms with Crippen LogP contribution in [-0.2, 0) is 0 Å². The molecular weight excluding hydrogens is 298 g/mol. The molecule has 1 N–H and O–H groups in total. The van der Waals surface area contributed by atoms with Gasteiger partial charge >= 0.3 is 0 Å². The minimum atomic E-state index is 0.196. The zero-order valence-corrected chi connectivity index (χ0v) is 12.7. The smallest absolute Gasteiger partial charge is 0.137 e. The van der Waals surface area contributed by atoms with Crippen molar-refractivity contribution >= 4 is 34.3 Å². The van der Waals surface area contributed by atoms with E-state index in [1.165, 1.54) is 0 Å². The summed E-state index contributed by atoms with van der Waals surface area (Å²) < 4.78 is 5.12. The van der Waals surface area contributed by atoms with E-state index in [-0.39, 0.29) is 5.75 Å². The number of aromatic hydroxyl groups is 1. The molecule has 0 aliphatic heterocycles. The fourth-order valence-corrected chi connectivity index (χ4v) is 2.55. The summed E-state index contributed by atoms with van der Waals surface area (Å²) in [5.41, 5.74) is 1.38. The van der Waals surface area contributed by atoms with Crippen molar-refractivity contribution in [2.75, 3.05) is 7.11 Å². The molecular formula is C18H14ClNO2. The van der Waals surface area contributed by atoms with E-state index in [1.807, 2.05) is 36.4 Å². The summed E-state index contributed by atoms with van der Waals surface area (Å²) in [6, 6.07) is 16.7. The number of halogens is 1. The van der Waals surface area contributed by atoms with E-state index in [9.17, 15) is 5.11 Å². The number of aliphatic imine (C=N–C) groups is 1. The van der Waals surface area contributed by atoms with Gasteiger partial charge in [-0.3, -0.25) is 4.99 Å². The van der Waals surface area contributed by atoms with E-state index in [0.29, 0.717) is 22.0 Å². The van der Waals surface area contributed by atoms with Crippen LogP contribution >= 0.6 is 11.6 Å². The molecule has 0 spiro atoms. The van der Waals surface area contributed by atoms with Crippen LogP contribution in [0.2, 0.25) is 5.02 Å². The molecule has 0 fully saturated rings. The Balaban J connectivity index is 2.02. The highest BCUT2D eigenvalue weighted by molar-refractivity contribution is 6.32. The third-order valence-corrected chi connectivity index (χ3v) is 3.72. The average molecular weight is 312 g/mol. The van der Waals surface area contributed by atoms with Gasteiger partial charge in [-0.1, -0.05) is 41.9 Å². The van der Waals surface area contributed by atoms with E-state index in [2.05, 4.69) is 4.99 Å². The first-order valence-corrected chi connectivity index (χ1v) is 7.15. The van der Waals surface area contributed by atoms with Gasteiger partial charge in [0.1, 0.15) is 11.5 Å². The SMILES string of the molecule is COc1ccc(N=Cc2c(O)ccc3ccccc23)cc1Cl. The van der Waals surface area contributed by atoms with Crippen LogP contribution in [0.4, 0.5) is 5.69 Å². The predicted molar refractivity (Wildman–Crippen MR) is 90.9 cm³/mol. The molecule has 0 saturated carbocycles. The van der Waals surface area contributed by atoms with Crippen LogP contribution in [0.25, 0.3) is 10.8 Å². The fourth-order valence-electron chi connectivity index (χ4n) is 2.29. The number of benzene rings is 3. The summed E-state index contributed by atoms with van der Waals surface area (Å²) in [7, 11) is 1.57. The number of hydrogen-bond donors (Lipinski definition) is 1. The first kappa shape index (κ1) is 14.4. The Morgan fingerprint density at radius 1 is 1.09 bits per heavy atom. The van der Waals surface area contributed by atoms with Gasteiger partial charge < -0.3 is 9.84 Å². The van der Waals surface area contributed by atoms with Crippen molar-refractivity contribution in [3.8, 4) is 11.5 Å². The van der Waals surface area contributed by atoms with Gasteiger partial charge in [-0.2, -0.15) is 0 Å². The van der Waals surface area contributed by atoms with Crippen molar-refractivity contribution in [2.24, 2.45) is 4.99 Å². The Morgan fingerprint density at radius 3 is 2.68 bits per heavy atom. The van der Waals surface area contributed by atoms with Crippen molar-refractivity contribution in [1.29, 1.82) is 0 Å². The van der Waals surface area contributed by atoms with Gasteiger partial charge in [0.05, 0.1) is 17.8 Å². The molecule has 4 heteroatoms. The van der Waals surface area contributed by atoms with Gasteiger partial charge in [0.2, 0.25) is 0 Å². The molecule has 3 nitrogen and oxygen atoms in total. The van der Waals surface area contributed by atoms with E-state index in [4.69, 9.17) is 16.3 Å². The quantitative estimate of drug-likeness (QED) is 0.695. The normalized spacial score (nSPS) is 11.2. The monoisotopic (exact) mass is 311 g/mol. The molecule has 0 heterocycles. The lowest BCUT2D eigenvalue weighted by Crippen LogP contribution is -1.86. The summed E-state index contributed by atoms with van der Waals surface area (Å²) >= 11 is 6.09. The van der Waals surface area contributed by atoms with Crippen LogP contribution in [0.1, 0.15) is 5.56 Å². The van der Waals surface area contributed by atoms with E-state index < -0.39 is 0 Å². The third kappa shape index (κ3) is 2.76. The van der Waals surface area contributed by atoms with Gasteiger partial charge in [-0.15, -0.1) is 0 Å². The van der Waals surface area contributed by atoms with Crippen molar-refractivity contribution in [3.63, 3.8) is 0 Å². The lowest BCUT2D eigenvalue weighted by atomic mass is 10.0. The largest absolute Gasteiger partial charge is 0.507 e. The van der Waals surface area contributed by atoms with Crippen molar-refractivity contribution in [1.82, 2.24) is 0 Å². The van der Waals surface area contributed by atoms with Crippen LogP contribution in [0, 0.1) is 0 Å². The Kier molecular flexibility index (Phi) is 3.98. The molecule has 0 saturated heterocycles. The predicted octanol–water partition coefficient (Wildman–Crippen LogP) is 4.96. The fraction of sp³-hybridized carbons (Fsp3) is 0.0556. The van der Waals surface area contributed by atoms with Crippen LogP contribution in [0.3, 0.4) is 0 Å². The number of nitrogens with zero attached hydrogens (tertiary/aromatic N) is 1. The highest BCUT2D eigenvalue weighted by atomic mass is 35.5. The highest BCUT2D eigenvalue weighted by Crippen LogP contribution is 2.30.